The molecule has 4 unspecified atom stereocenters. The Balaban J connectivity index is 1.69. The normalized spacial score (nSPS) is 51.8. The summed E-state index contributed by atoms with van der Waals surface area (Å²) in [7, 11) is 0. The maximum Gasteiger partial charge on any atom is 0.310 e. The molecule has 0 radical (unpaired) electrons. The molecule has 0 amide bonds. The van der Waals surface area contributed by atoms with Gasteiger partial charge in [-0.2, -0.15) is 0 Å². The van der Waals surface area contributed by atoms with Crippen LogP contribution in [0.4, 0.5) is 0 Å². The quantitative estimate of drug-likeness (QED) is 0.383. The van der Waals surface area contributed by atoms with E-state index in [1.54, 1.807) is 0 Å². The van der Waals surface area contributed by atoms with Crippen molar-refractivity contribution in [1.29, 1.82) is 0 Å². The standard InChI is InChI=1S/C30H44O7/c1-15(2)16-9-12-29(24(34)35)13-14-30(25(36)37)17(20(16)29)7-8-19-27(30,5)11-10-18-26(3,4)22(31)21(23(32)33)28(18,19)6/h16-22,31H,1,7-14H2,2-6H3,(H,32,33)(H,34,35)(H,36,37)/t16-,17?,18?,19?,20?,21+,22-,27+,28-,29-,30+/m0/s1. The van der Waals surface area contributed by atoms with Crippen molar-refractivity contribution in [2.45, 2.75) is 92.1 Å². The molecule has 7 heteroatoms. The highest BCUT2D eigenvalue weighted by Crippen LogP contribution is 2.79. The van der Waals surface area contributed by atoms with Crippen molar-refractivity contribution in [3.05, 3.63) is 12.2 Å². The Morgan fingerprint density at radius 1 is 0.811 bits per heavy atom. The van der Waals surface area contributed by atoms with Crippen LogP contribution < -0.4 is 0 Å². The van der Waals surface area contributed by atoms with Crippen molar-refractivity contribution in [2.24, 2.45) is 62.6 Å². The van der Waals surface area contributed by atoms with Crippen molar-refractivity contribution in [3.63, 3.8) is 0 Å². The van der Waals surface area contributed by atoms with E-state index in [2.05, 4.69) is 13.5 Å². The molecule has 0 spiro atoms. The molecule has 11 atom stereocenters. The zero-order chi connectivity index (χ0) is 27.5. The first kappa shape index (κ1) is 26.7. The van der Waals surface area contributed by atoms with Gasteiger partial charge in [0.15, 0.2) is 0 Å². The Kier molecular flexibility index (Phi) is 5.65. The Hall–Kier alpha value is -1.89. The van der Waals surface area contributed by atoms with E-state index < -0.39 is 57.0 Å². The van der Waals surface area contributed by atoms with E-state index in [9.17, 15) is 34.8 Å². The lowest BCUT2D eigenvalue weighted by molar-refractivity contribution is -0.239. The molecule has 0 heterocycles. The van der Waals surface area contributed by atoms with Crippen LogP contribution in [0.5, 0.6) is 0 Å². The number of hydrogen-bond acceptors (Lipinski definition) is 4. The first-order chi connectivity index (χ1) is 17.0. The second kappa shape index (κ2) is 7.83. The van der Waals surface area contributed by atoms with E-state index in [-0.39, 0.29) is 29.6 Å². The summed E-state index contributed by atoms with van der Waals surface area (Å²) in [6.07, 6.45) is 3.44. The molecular weight excluding hydrogens is 472 g/mol. The molecule has 5 rings (SSSR count). The fourth-order valence-corrected chi connectivity index (χ4v) is 11.9. The Bertz CT molecular complexity index is 1060. The van der Waals surface area contributed by atoms with Gasteiger partial charge in [0.1, 0.15) is 0 Å². The number of allylic oxidation sites excluding steroid dienone is 1. The topological polar surface area (TPSA) is 132 Å². The van der Waals surface area contributed by atoms with Gasteiger partial charge in [-0.1, -0.05) is 39.8 Å². The number of carboxylic acid groups (broad SMARTS) is 3. The number of aliphatic hydroxyl groups is 1. The number of aliphatic hydroxyl groups excluding tert-OH is 1. The summed E-state index contributed by atoms with van der Waals surface area (Å²) in [4.78, 5) is 39.0. The summed E-state index contributed by atoms with van der Waals surface area (Å²) in [6, 6.07) is 0. The number of rotatable bonds is 4. The summed E-state index contributed by atoms with van der Waals surface area (Å²) in [5.41, 5.74) is -3.16. The number of aliphatic carboxylic acids is 3. The second-order valence-electron chi connectivity index (χ2n) is 14.4. The van der Waals surface area contributed by atoms with Gasteiger partial charge >= 0.3 is 17.9 Å². The smallest absolute Gasteiger partial charge is 0.310 e. The Labute approximate surface area is 219 Å². The van der Waals surface area contributed by atoms with Crippen LogP contribution in [0.15, 0.2) is 12.2 Å². The molecule has 5 aliphatic carbocycles. The summed E-state index contributed by atoms with van der Waals surface area (Å²) in [6.45, 7) is 14.1. The predicted molar refractivity (Wildman–Crippen MR) is 136 cm³/mol. The fourth-order valence-electron chi connectivity index (χ4n) is 11.9. The molecule has 0 aromatic heterocycles. The molecule has 4 N–H and O–H groups in total. The molecule has 0 bridgehead atoms. The summed E-state index contributed by atoms with van der Waals surface area (Å²) < 4.78 is 0. The highest BCUT2D eigenvalue weighted by atomic mass is 16.4. The third-order valence-corrected chi connectivity index (χ3v) is 13.4. The third-order valence-electron chi connectivity index (χ3n) is 13.4. The molecular formula is C30H44O7. The van der Waals surface area contributed by atoms with Gasteiger partial charge in [-0.3, -0.25) is 14.4 Å². The first-order valence-electron chi connectivity index (χ1n) is 14.1. The maximum absolute atomic E-state index is 13.6. The van der Waals surface area contributed by atoms with E-state index in [0.29, 0.717) is 44.9 Å². The fraction of sp³-hybridized carbons (Fsp3) is 0.833. The number of fused-ring (bicyclic) bond motifs is 7. The molecule has 5 saturated carbocycles. The largest absolute Gasteiger partial charge is 0.481 e. The lowest BCUT2D eigenvalue weighted by Crippen LogP contribution is -2.68. The zero-order valence-corrected chi connectivity index (χ0v) is 22.9. The number of carboxylic acids is 3. The van der Waals surface area contributed by atoms with Crippen molar-refractivity contribution in [1.82, 2.24) is 0 Å². The molecule has 0 aromatic carbocycles. The van der Waals surface area contributed by atoms with Crippen LogP contribution >= 0.6 is 0 Å². The SMILES string of the molecule is C=C(C)[C@@H]1CC[C@]2(C(=O)O)CC[C@]3(C(=O)O)C(CCC4[C@]5(C)C(CC[C@]43C)C(C)(C)[C@@H](O)[C@@H]5C(=O)O)C12. The molecule has 5 fully saturated rings. The molecule has 206 valence electrons. The van der Waals surface area contributed by atoms with Gasteiger partial charge < -0.3 is 20.4 Å². The van der Waals surface area contributed by atoms with Crippen LogP contribution in [0.2, 0.25) is 0 Å². The molecule has 0 aliphatic heterocycles. The van der Waals surface area contributed by atoms with Crippen LogP contribution in [0.3, 0.4) is 0 Å². The van der Waals surface area contributed by atoms with Crippen LogP contribution in [0, 0.1) is 62.6 Å². The molecule has 0 saturated heterocycles. The maximum atomic E-state index is 13.6. The summed E-state index contributed by atoms with van der Waals surface area (Å²) in [5.74, 6) is -4.47. The minimum atomic E-state index is -1.13. The zero-order valence-electron chi connectivity index (χ0n) is 22.9. The van der Waals surface area contributed by atoms with Gasteiger partial charge in [-0.15, -0.1) is 0 Å². The Morgan fingerprint density at radius 3 is 2.00 bits per heavy atom. The third kappa shape index (κ3) is 2.85. The minimum Gasteiger partial charge on any atom is -0.481 e. The van der Waals surface area contributed by atoms with Gasteiger partial charge in [0, 0.05) is 0 Å². The van der Waals surface area contributed by atoms with Gasteiger partial charge in [0.05, 0.1) is 22.9 Å². The van der Waals surface area contributed by atoms with Crippen molar-refractivity contribution in [3.8, 4) is 0 Å². The van der Waals surface area contributed by atoms with E-state index in [1.807, 2.05) is 27.7 Å². The highest BCUT2D eigenvalue weighted by Gasteiger charge is 2.78. The van der Waals surface area contributed by atoms with Crippen LogP contribution in [-0.4, -0.2) is 44.4 Å². The van der Waals surface area contributed by atoms with Gasteiger partial charge in [-0.25, -0.2) is 0 Å². The van der Waals surface area contributed by atoms with Crippen LogP contribution in [-0.2, 0) is 14.4 Å². The van der Waals surface area contributed by atoms with Gasteiger partial charge in [-0.05, 0) is 104 Å². The van der Waals surface area contributed by atoms with Gasteiger partial charge in [0.25, 0.3) is 0 Å². The van der Waals surface area contributed by atoms with Crippen molar-refractivity contribution < 1.29 is 34.8 Å². The summed E-state index contributed by atoms with van der Waals surface area (Å²) in [5, 5.41) is 43.3. The molecule has 5 aliphatic rings. The first-order valence-corrected chi connectivity index (χ1v) is 14.1. The second-order valence-corrected chi connectivity index (χ2v) is 14.4. The van der Waals surface area contributed by atoms with Crippen molar-refractivity contribution >= 4 is 17.9 Å². The van der Waals surface area contributed by atoms with E-state index >= 15 is 0 Å². The number of carbonyl (C=O) groups is 3. The average Bonchev–Trinajstić information content (AvgIpc) is 3.26. The average molecular weight is 517 g/mol. The Morgan fingerprint density at radius 2 is 1.46 bits per heavy atom. The van der Waals surface area contributed by atoms with E-state index in [1.165, 1.54) is 0 Å². The molecule has 0 aromatic rings. The number of hydrogen-bond donors (Lipinski definition) is 4. The van der Waals surface area contributed by atoms with Gasteiger partial charge in [0.2, 0.25) is 0 Å². The van der Waals surface area contributed by atoms with E-state index in [0.717, 1.165) is 12.0 Å². The van der Waals surface area contributed by atoms with E-state index in [4.69, 9.17) is 0 Å². The highest BCUT2D eigenvalue weighted by molar-refractivity contribution is 5.81. The van der Waals surface area contributed by atoms with Crippen LogP contribution in [0.1, 0.15) is 86.0 Å². The predicted octanol–water partition coefficient (Wildman–Crippen LogP) is 5.07. The molecule has 7 nitrogen and oxygen atoms in total. The lowest BCUT2D eigenvalue weighted by atomic mass is 9.33. The minimum absolute atomic E-state index is 0.0220. The lowest BCUT2D eigenvalue weighted by Gasteiger charge is -2.69. The van der Waals surface area contributed by atoms with Crippen LogP contribution in [0.25, 0.3) is 0 Å². The molecule has 37 heavy (non-hydrogen) atoms. The summed E-state index contributed by atoms with van der Waals surface area (Å²) >= 11 is 0. The van der Waals surface area contributed by atoms with Crippen molar-refractivity contribution in [2.75, 3.05) is 0 Å². The monoisotopic (exact) mass is 516 g/mol.